The maximum atomic E-state index is 13.3. The Morgan fingerprint density at radius 1 is 0.676 bits per heavy atom. The second-order valence-corrected chi connectivity index (χ2v) is 6.49. The zero-order valence-electron chi connectivity index (χ0n) is 17.2. The van der Waals surface area contributed by atoms with Crippen LogP contribution in [0.2, 0.25) is 0 Å². The topological polar surface area (TPSA) is 120 Å². The van der Waals surface area contributed by atoms with Crippen molar-refractivity contribution in [3.05, 3.63) is 95.8 Å². The van der Waals surface area contributed by atoms with Gasteiger partial charge in [0.15, 0.2) is 17.4 Å². The summed E-state index contributed by atoms with van der Waals surface area (Å²) < 4.78 is 62.6. The van der Waals surface area contributed by atoms with Crippen LogP contribution in [0.3, 0.4) is 0 Å². The molecule has 0 unspecified atom stereocenters. The van der Waals surface area contributed by atoms with Crippen LogP contribution in [-0.2, 0) is 0 Å². The van der Waals surface area contributed by atoms with Gasteiger partial charge in [-0.1, -0.05) is 0 Å². The standard InChI is InChI=1S/C12H8FN3O.C11H7F3N2O/c13-11-5-9(2-1-8(11)6-14)17-10-3-4-12(15)16-7-10;12-6-3-8(13)11(9(14)4-6)17-7-1-2-10(15)16-5-7/h1-5,7H,(H2,15,16);1-5H,(H2,15,16). The van der Waals surface area contributed by atoms with Crippen molar-refractivity contribution in [3.63, 3.8) is 0 Å². The van der Waals surface area contributed by atoms with E-state index in [2.05, 4.69) is 9.97 Å². The number of nitrogen functional groups attached to an aromatic ring is 2. The number of pyridine rings is 2. The van der Waals surface area contributed by atoms with Crippen LogP contribution in [-0.4, -0.2) is 9.97 Å². The number of nitriles is 1. The molecule has 172 valence electrons. The molecule has 0 aliphatic rings. The van der Waals surface area contributed by atoms with Gasteiger partial charge in [0.1, 0.15) is 46.6 Å². The second-order valence-electron chi connectivity index (χ2n) is 6.49. The Hall–Kier alpha value is -4.85. The fourth-order valence-electron chi connectivity index (χ4n) is 2.43. The second kappa shape index (κ2) is 10.6. The highest BCUT2D eigenvalue weighted by molar-refractivity contribution is 5.40. The van der Waals surface area contributed by atoms with E-state index in [1.165, 1.54) is 36.7 Å². The molecule has 4 N–H and O–H groups in total. The number of ether oxygens (including phenoxy) is 2. The minimum atomic E-state index is -1.13. The first kappa shape index (κ1) is 23.8. The fourth-order valence-corrected chi connectivity index (χ4v) is 2.43. The Morgan fingerprint density at radius 3 is 1.68 bits per heavy atom. The molecular weight excluding hydrogens is 454 g/mol. The van der Waals surface area contributed by atoms with Crippen LogP contribution in [0.5, 0.6) is 23.0 Å². The van der Waals surface area contributed by atoms with Crippen molar-refractivity contribution >= 4 is 11.6 Å². The van der Waals surface area contributed by atoms with Crippen molar-refractivity contribution in [1.82, 2.24) is 9.97 Å². The number of benzene rings is 2. The lowest BCUT2D eigenvalue weighted by Crippen LogP contribution is -1.95. The molecule has 0 aliphatic carbocycles. The first-order valence-electron chi connectivity index (χ1n) is 9.38. The van der Waals surface area contributed by atoms with Crippen molar-refractivity contribution in [2.24, 2.45) is 0 Å². The van der Waals surface area contributed by atoms with E-state index in [0.29, 0.717) is 29.4 Å². The fraction of sp³-hybridized carbons (Fsp3) is 0. The first-order chi connectivity index (χ1) is 16.2. The van der Waals surface area contributed by atoms with Crippen molar-refractivity contribution in [3.8, 4) is 29.1 Å². The van der Waals surface area contributed by atoms with E-state index in [4.69, 9.17) is 26.2 Å². The van der Waals surface area contributed by atoms with Crippen LogP contribution in [0.25, 0.3) is 0 Å². The van der Waals surface area contributed by atoms with Crippen molar-refractivity contribution in [2.45, 2.75) is 0 Å². The largest absolute Gasteiger partial charge is 0.456 e. The number of aromatic nitrogens is 2. The van der Waals surface area contributed by atoms with E-state index in [0.717, 1.165) is 6.07 Å². The monoisotopic (exact) mass is 469 g/mol. The molecule has 2 heterocycles. The summed E-state index contributed by atoms with van der Waals surface area (Å²) in [5, 5.41) is 8.57. The molecule has 0 radical (unpaired) electrons. The van der Waals surface area contributed by atoms with Gasteiger partial charge in [-0.3, -0.25) is 0 Å². The summed E-state index contributed by atoms with van der Waals surface area (Å²) in [5.41, 5.74) is 10.7. The molecule has 7 nitrogen and oxygen atoms in total. The molecule has 34 heavy (non-hydrogen) atoms. The summed E-state index contributed by atoms with van der Waals surface area (Å²) in [6.45, 7) is 0. The molecule has 0 bridgehead atoms. The maximum absolute atomic E-state index is 13.3. The number of anilines is 2. The highest BCUT2D eigenvalue weighted by Gasteiger charge is 2.14. The SMILES string of the molecule is N#Cc1ccc(Oc2ccc(N)nc2)cc1F.Nc1ccc(Oc2c(F)cc(F)cc2F)cn1. The van der Waals surface area contributed by atoms with Gasteiger partial charge in [-0.05, 0) is 36.4 Å². The molecule has 0 aliphatic heterocycles. The predicted molar refractivity (Wildman–Crippen MR) is 115 cm³/mol. The van der Waals surface area contributed by atoms with Crippen molar-refractivity contribution < 1.29 is 27.0 Å². The molecule has 0 saturated heterocycles. The van der Waals surface area contributed by atoms with E-state index < -0.39 is 29.0 Å². The molecule has 2 aromatic carbocycles. The average Bonchev–Trinajstić information content (AvgIpc) is 2.80. The Kier molecular flexibility index (Phi) is 7.45. The molecule has 0 fully saturated rings. The van der Waals surface area contributed by atoms with Gasteiger partial charge in [0.2, 0.25) is 0 Å². The minimum Gasteiger partial charge on any atom is -0.456 e. The Bertz CT molecular complexity index is 1300. The van der Waals surface area contributed by atoms with Crippen LogP contribution in [0.1, 0.15) is 5.56 Å². The lowest BCUT2D eigenvalue weighted by Gasteiger charge is -2.07. The number of rotatable bonds is 4. The summed E-state index contributed by atoms with van der Waals surface area (Å²) in [4.78, 5) is 7.52. The number of nitrogens with two attached hydrogens (primary N) is 2. The highest BCUT2D eigenvalue weighted by Crippen LogP contribution is 2.28. The third-order valence-corrected chi connectivity index (χ3v) is 4.00. The highest BCUT2D eigenvalue weighted by atomic mass is 19.1. The van der Waals surface area contributed by atoms with Crippen molar-refractivity contribution in [1.29, 1.82) is 5.26 Å². The minimum absolute atomic E-state index is 0.0206. The summed E-state index contributed by atoms with van der Waals surface area (Å²) in [7, 11) is 0. The van der Waals surface area contributed by atoms with E-state index in [1.807, 2.05) is 0 Å². The van der Waals surface area contributed by atoms with Gasteiger partial charge in [0, 0.05) is 18.2 Å². The molecule has 11 heteroatoms. The number of halogens is 4. The average molecular weight is 469 g/mol. The quantitative estimate of drug-likeness (QED) is 0.387. The van der Waals surface area contributed by atoms with Crippen LogP contribution in [0, 0.1) is 34.6 Å². The van der Waals surface area contributed by atoms with Gasteiger partial charge >= 0.3 is 0 Å². The Labute approximate surface area is 190 Å². The third kappa shape index (κ3) is 6.33. The molecule has 4 rings (SSSR count). The van der Waals surface area contributed by atoms with Crippen LogP contribution in [0.15, 0.2) is 67.0 Å². The Morgan fingerprint density at radius 2 is 1.21 bits per heavy atom. The maximum Gasteiger partial charge on any atom is 0.198 e. The van der Waals surface area contributed by atoms with Gasteiger partial charge in [-0.2, -0.15) is 5.26 Å². The first-order valence-corrected chi connectivity index (χ1v) is 9.38. The summed E-state index contributed by atoms with van der Waals surface area (Å²) in [6.07, 6.45) is 2.64. The smallest absolute Gasteiger partial charge is 0.198 e. The third-order valence-electron chi connectivity index (χ3n) is 4.00. The normalized spacial score (nSPS) is 9.97. The lowest BCUT2D eigenvalue weighted by molar-refractivity contribution is 0.400. The Balaban J connectivity index is 0.000000191. The molecule has 2 aromatic heterocycles. The summed E-state index contributed by atoms with van der Waals surface area (Å²) >= 11 is 0. The van der Waals surface area contributed by atoms with Gasteiger partial charge in [0.05, 0.1) is 18.0 Å². The van der Waals surface area contributed by atoms with Crippen LogP contribution >= 0.6 is 0 Å². The molecule has 4 aromatic rings. The van der Waals surface area contributed by atoms with E-state index in [1.54, 1.807) is 18.2 Å². The molecule has 0 amide bonds. The molecular formula is C23H15F4N5O2. The molecule has 0 saturated carbocycles. The van der Waals surface area contributed by atoms with Crippen LogP contribution < -0.4 is 20.9 Å². The predicted octanol–water partition coefficient (Wildman–Crippen LogP) is 5.34. The number of hydrogen-bond acceptors (Lipinski definition) is 7. The van der Waals surface area contributed by atoms with E-state index >= 15 is 0 Å². The number of nitrogens with zero attached hydrogens (tertiary/aromatic N) is 3. The van der Waals surface area contributed by atoms with Gasteiger partial charge < -0.3 is 20.9 Å². The lowest BCUT2D eigenvalue weighted by atomic mass is 10.2. The van der Waals surface area contributed by atoms with E-state index in [-0.39, 0.29) is 17.1 Å². The van der Waals surface area contributed by atoms with Crippen LogP contribution in [0.4, 0.5) is 29.2 Å². The van der Waals surface area contributed by atoms with E-state index in [9.17, 15) is 17.6 Å². The summed E-state index contributed by atoms with van der Waals surface area (Å²) in [6, 6.07) is 12.8. The van der Waals surface area contributed by atoms with Crippen molar-refractivity contribution in [2.75, 3.05) is 11.5 Å². The van der Waals surface area contributed by atoms with Gasteiger partial charge in [0.25, 0.3) is 0 Å². The zero-order chi connectivity index (χ0) is 24.7. The van der Waals surface area contributed by atoms with Gasteiger partial charge in [-0.15, -0.1) is 0 Å². The number of hydrogen-bond donors (Lipinski definition) is 2. The zero-order valence-corrected chi connectivity index (χ0v) is 17.2. The van der Waals surface area contributed by atoms with Gasteiger partial charge in [-0.25, -0.2) is 27.5 Å². The molecule has 0 atom stereocenters. The summed E-state index contributed by atoms with van der Waals surface area (Å²) in [5.74, 6) is -3.09. The molecule has 0 spiro atoms.